The first-order valence-corrected chi connectivity index (χ1v) is 4.26. The highest BCUT2D eigenvalue weighted by Gasteiger charge is 2.24. The van der Waals surface area contributed by atoms with E-state index < -0.39 is 5.60 Å². The van der Waals surface area contributed by atoms with Crippen LogP contribution in [0.3, 0.4) is 0 Å². The molecule has 4 heteroatoms. The van der Waals surface area contributed by atoms with Crippen molar-refractivity contribution in [3.05, 3.63) is 23.8 Å². The molecule has 0 heterocycles. The van der Waals surface area contributed by atoms with Crippen LogP contribution >= 0.6 is 0 Å². The van der Waals surface area contributed by atoms with E-state index in [4.69, 9.17) is 15.5 Å². The number of ether oxygens (including phenoxy) is 1. The molecule has 0 aliphatic rings. The van der Waals surface area contributed by atoms with E-state index in [1.165, 1.54) is 6.07 Å². The molecule has 0 radical (unpaired) electrons. The molecule has 0 atom stereocenters. The van der Waals surface area contributed by atoms with Gasteiger partial charge in [-0.2, -0.15) is 0 Å². The minimum Gasteiger partial charge on any atom is -0.507 e. The van der Waals surface area contributed by atoms with E-state index in [1.807, 2.05) is 0 Å². The molecule has 0 bridgehead atoms. The maximum atomic E-state index is 9.67. The van der Waals surface area contributed by atoms with E-state index in [2.05, 4.69) is 0 Å². The fourth-order valence-electron chi connectivity index (χ4n) is 1.21. The van der Waals surface area contributed by atoms with Gasteiger partial charge in [0, 0.05) is 11.6 Å². The minimum absolute atomic E-state index is 0.111. The number of aromatic hydroxyl groups is 1. The van der Waals surface area contributed by atoms with Crippen LogP contribution in [0.4, 0.5) is 0 Å². The van der Waals surface area contributed by atoms with E-state index in [0.29, 0.717) is 11.3 Å². The summed E-state index contributed by atoms with van der Waals surface area (Å²) in [5, 5.41) is 9.67. The molecule has 4 nitrogen and oxygen atoms in total. The van der Waals surface area contributed by atoms with E-state index in [1.54, 1.807) is 33.1 Å². The monoisotopic (exact) mass is 197 g/mol. The van der Waals surface area contributed by atoms with Gasteiger partial charge in [-0.15, -0.1) is 0 Å². The van der Waals surface area contributed by atoms with Crippen LogP contribution in [-0.4, -0.2) is 12.2 Å². The van der Waals surface area contributed by atoms with Gasteiger partial charge < -0.3 is 9.84 Å². The van der Waals surface area contributed by atoms with Crippen molar-refractivity contribution in [2.45, 2.75) is 19.4 Å². The Labute approximate surface area is 83.2 Å². The summed E-state index contributed by atoms with van der Waals surface area (Å²) < 4.78 is 4.96. The lowest BCUT2D eigenvalue weighted by Crippen LogP contribution is -2.25. The van der Waals surface area contributed by atoms with Gasteiger partial charge >= 0.3 is 0 Å². The highest BCUT2D eigenvalue weighted by Crippen LogP contribution is 2.33. The molecule has 3 N–H and O–H groups in total. The zero-order valence-corrected chi connectivity index (χ0v) is 8.57. The Bertz CT molecular complexity index is 323. The van der Waals surface area contributed by atoms with Crippen molar-refractivity contribution < 1.29 is 14.7 Å². The molecule has 0 aliphatic heterocycles. The Morgan fingerprint density at radius 1 is 1.36 bits per heavy atom. The van der Waals surface area contributed by atoms with Crippen molar-refractivity contribution in [1.82, 2.24) is 0 Å². The lowest BCUT2D eigenvalue weighted by molar-refractivity contribution is -0.0250. The summed E-state index contributed by atoms with van der Waals surface area (Å²) in [4.78, 5) is 4.78. The lowest BCUT2D eigenvalue weighted by atomic mass is 9.97. The molecule has 0 amide bonds. The molecule has 1 rings (SSSR count). The van der Waals surface area contributed by atoms with Crippen molar-refractivity contribution >= 4 is 0 Å². The van der Waals surface area contributed by atoms with E-state index in [-0.39, 0.29) is 5.75 Å². The van der Waals surface area contributed by atoms with Crippen LogP contribution in [0.1, 0.15) is 19.4 Å². The average Bonchev–Trinajstić information content (AvgIpc) is 2.17. The SMILES string of the molecule is COc1ccc(C(C)(C)ON)c(O)c1. The topological polar surface area (TPSA) is 64.7 Å². The van der Waals surface area contributed by atoms with E-state index in [9.17, 15) is 5.11 Å². The second kappa shape index (κ2) is 3.86. The molecule has 0 saturated carbocycles. The lowest BCUT2D eigenvalue weighted by Gasteiger charge is -2.23. The number of hydrogen-bond acceptors (Lipinski definition) is 4. The van der Waals surface area contributed by atoms with Crippen LogP contribution in [0.25, 0.3) is 0 Å². The van der Waals surface area contributed by atoms with Crippen molar-refractivity contribution in [2.24, 2.45) is 5.90 Å². The predicted molar refractivity (Wildman–Crippen MR) is 53.0 cm³/mol. The fraction of sp³-hybridized carbons (Fsp3) is 0.400. The Balaban J connectivity index is 3.12. The normalized spacial score (nSPS) is 11.4. The van der Waals surface area contributed by atoms with Gasteiger partial charge in [0.05, 0.1) is 7.11 Å². The summed E-state index contributed by atoms with van der Waals surface area (Å²) in [6, 6.07) is 4.99. The van der Waals surface area contributed by atoms with Gasteiger partial charge in [0.2, 0.25) is 0 Å². The van der Waals surface area contributed by atoms with Crippen molar-refractivity contribution in [2.75, 3.05) is 7.11 Å². The quantitative estimate of drug-likeness (QED) is 0.721. The molecule has 0 aromatic heterocycles. The molecule has 1 aromatic rings. The number of phenols is 1. The maximum absolute atomic E-state index is 9.67. The third-order valence-corrected chi connectivity index (χ3v) is 2.15. The van der Waals surface area contributed by atoms with Gasteiger partial charge in [0.25, 0.3) is 0 Å². The Morgan fingerprint density at radius 2 is 2.00 bits per heavy atom. The summed E-state index contributed by atoms with van der Waals surface area (Å²) in [6.07, 6.45) is 0. The third kappa shape index (κ3) is 1.97. The summed E-state index contributed by atoms with van der Waals surface area (Å²) in [7, 11) is 1.54. The molecule has 0 saturated heterocycles. The van der Waals surface area contributed by atoms with Gasteiger partial charge in [-0.3, -0.25) is 4.84 Å². The highest BCUT2D eigenvalue weighted by atomic mass is 16.6. The molecular formula is C10H15NO3. The number of nitrogens with two attached hydrogens (primary N) is 1. The highest BCUT2D eigenvalue weighted by molar-refractivity contribution is 5.42. The van der Waals surface area contributed by atoms with Crippen LogP contribution in [0.5, 0.6) is 11.5 Å². The first kappa shape index (κ1) is 10.8. The number of phenolic OH excluding ortho intramolecular Hbond substituents is 1. The molecule has 14 heavy (non-hydrogen) atoms. The van der Waals surface area contributed by atoms with Crippen LogP contribution in [0, 0.1) is 0 Å². The molecule has 78 valence electrons. The van der Waals surface area contributed by atoms with Crippen LogP contribution < -0.4 is 10.6 Å². The summed E-state index contributed by atoms with van der Waals surface area (Å²) >= 11 is 0. The van der Waals surface area contributed by atoms with Gasteiger partial charge in [0.15, 0.2) is 0 Å². The van der Waals surface area contributed by atoms with Gasteiger partial charge in [-0.25, -0.2) is 5.90 Å². The zero-order chi connectivity index (χ0) is 10.8. The number of rotatable bonds is 3. The second-order valence-electron chi connectivity index (χ2n) is 3.51. The van der Waals surface area contributed by atoms with E-state index in [0.717, 1.165) is 0 Å². The molecule has 0 spiro atoms. The Kier molecular flexibility index (Phi) is 2.98. The molecule has 0 unspecified atom stereocenters. The second-order valence-corrected chi connectivity index (χ2v) is 3.51. The summed E-state index contributed by atoms with van der Waals surface area (Å²) in [6.45, 7) is 3.54. The molecule has 1 aromatic carbocycles. The third-order valence-electron chi connectivity index (χ3n) is 2.15. The minimum atomic E-state index is -0.712. The molecule has 0 aliphatic carbocycles. The standard InChI is InChI=1S/C10H15NO3/c1-10(2,14-11)8-5-4-7(13-3)6-9(8)12/h4-6,12H,11H2,1-3H3. The smallest absolute Gasteiger partial charge is 0.125 e. The Morgan fingerprint density at radius 3 is 2.43 bits per heavy atom. The largest absolute Gasteiger partial charge is 0.507 e. The van der Waals surface area contributed by atoms with Crippen molar-refractivity contribution in [3.8, 4) is 11.5 Å². The van der Waals surface area contributed by atoms with Crippen LogP contribution in [0.15, 0.2) is 18.2 Å². The average molecular weight is 197 g/mol. The zero-order valence-electron chi connectivity index (χ0n) is 8.57. The van der Waals surface area contributed by atoms with Gasteiger partial charge in [0.1, 0.15) is 17.1 Å². The number of benzene rings is 1. The number of methoxy groups -OCH3 is 1. The van der Waals surface area contributed by atoms with E-state index >= 15 is 0 Å². The first-order chi connectivity index (χ1) is 6.51. The van der Waals surface area contributed by atoms with Crippen LogP contribution in [-0.2, 0) is 10.4 Å². The number of hydrogen-bond donors (Lipinski definition) is 2. The van der Waals surface area contributed by atoms with Gasteiger partial charge in [-0.1, -0.05) is 0 Å². The van der Waals surface area contributed by atoms with Crippen LogP contribution in [0.2, 0.25) is 0 Å². The summed E-state index contributed by atoms with van der Waals surface area (Å²) in [5.41, 5.74) is -0.0862. The predicted octanol–water partition coefficient (Wildman–Crippen LogP) is 1.53. The van der Waals surface area contributed by atoms with Gasteiger partial charge in [-0.05, 0) is 26.0 Å². The maximum Gasteiger partial charge on any atom is 0.125 e. The van der Waals surface area contributed by atoms with Crippen molar-refractivity contribution in [3.63, 3.8) is 0 Å². The van der Waals surface area contributed by atoms with Crippen molar-refractivity contribution in [1.29, 1.82) is 0 Å². The molecule has 0 fully saturated rings. The Hall–Kier alpha value is -1.26. The first-order valence-electron chi connectivity index (χ1n) is 4.26. The molecular weight excluding hydrogens is 182 g/mol. The fourth-order valence-corrected chi connectivity index (χ4v) is 1.21. The summed E-state index contributed by atoms with van der Waals surface area (Å²) in [5.74, 6) is 5.84.